The molecule has 6 nitrogen and oxygen atoms in total. The molecule has 1 aromatic carbocycles. The van der Waals surface area contributed by atoms with E-state index in [9.17, 15) is 9.59 Å². The molecule has 0 spiro atoms. The van der Waals surface area contributed by atoms with Crippen LogP contribution in [0.1, 0.15) is 23.5 Å². The van der Waals surface area contributed by atoms with Gasteiger partial charge in [-0.15, -0.1) is 0 Å². The van der Waals surface area contributed by atoms with E-state index in [2.05, 4.69) is 15.4 Å². The fourth-order valence-electron chi connectivity index (χ4n) is 3.04. The van der Waals surface area contributed by atoms with Crippen LogP contribution in [0.2, 0.25) is 0 Å². The smallest absolute Gasteiger partial charge is 0.252 e. The molecule has 4 rings (SSSR count). The largest absolute Gasteiger partial charge is 0.322 e. The molecule has 0 saturated carbocycles. The zero-order valence-electron chi connectivity index (χ0n) is 12.0. The average molecular weight is 294 g/mol. The molecule has 2 aromatic heterocycles. The van der Waals surface area contributed by atoms with Crippen molar-refractivity contribution in [3.8, 4) is 0 Å². The first-order valence-corrected chi connectivity index (χ1v) is 7.07. The van der Waals surface area contributed by atoms with Crippen molar-refractivity contribution in [1.29, 1.82) is 0 Å². The van der Waals surface area contributed by atoms with E-state index >= 15 is 0 Å². The second kappa shape index (κ2) is 4.56. The lowest BCUT2D eigenvalue weighted by molar-refractivity contribution is -0.116. The van der Waals surface area contributed by atoms with E-state index < -0.39 is 0 Å². The number of rotatable bonds is 1. The minimum Gasteiger partial charge on any atom is -0.322 e. The van der Waals surface area contributed by atoms with Crippen LogP contribution in [0.25, 0.3) is 10.9 Å². The first kappa shape index (κ1) is 12.8. The Labute approximate surface area is 125 Å². The highest BCUT2D eigenvalue weighted by atomic mass is 16.2. The van der Waals surface area contributed by atoms with Crippen LogP contribution in [0, 0.1) is 0 Å². The molecular weight excluding hydrogens is 280 g/mol. The van der Waals surface area contributed by atoms with Crippen molar-refractivity contribution in [2.45, 2.75) is 12.3 Å². The highest BCUT2D eigenvalue weighted by Crippen LogP contribution is 2.35. The Bertz CT molecular complexity index is 954. The highest BCUT2D eigenvalue weighted by Gasteiger charge is 2.31. The third kappa shape index (κ3) is 1.84. The number of aromatic amines is 1. The predicted molar refractivity (Wildman–Crippen MR) is 82.9 cm³/mol. The molecule has 0 saturated heterocycles. The monoisotopic (exact) mass is 294 g/mol. The molecule has 1 atom stereocenters. The number of fused-ring (bicyclic) bond motifs is 2. The van der Waals surface area contributed by atoms with Gasteiger partial charge >= 0.3 is 0 Å². The molecule has 2 N–H and O–H groups in total. The summed E-state index contributed by atoms with van der Waals surface area (Å²) < 4.78 is 1.62. The van der Waals surface area contributed by atoms with Gasteiger partial charge in [0.05, 0.1) is 6.20 Å². The Kier molecular flexibility index (Phi) is 2.66. The summed E-state index contributed by atoms with van der Waals surface area (Å²) in [4.78, 5) is 27.3. The lowest BCUT2D eigenvalue weighted by Gasteiger charge is -2.22. The standard InChI is InChI=1S/C16H14N4O2/c1-20-15-12(8-17-20)10(7-14(21)19-15)11-6-9-4-2-3-5-13(9)18-16(11)22/h2-6,8,10H,7H2,1H3,(H,18,22)(H,19,21)/t10-/m0/s1. The van der Waals surface area contributed by atoms with Crippen molar-refractivity contribution >= 4 is 22.6 Å². The summed E-state index contributed by atoms with van der Waals surface area (Å²) in [5.41, 5.74) is 2.11. The van der Waals surface area contributed by atoms with E-state index in [4.69, 9.17) is 0 Å². The number of H-pyrrole nitrogens is 1. The van der Waals surface area contributed by atoms with E-state index in [0.29, 0.717) is 11.4 Å². The summed E-state index contributed by atoms with van der Waals surface area (Å²) in [6, 6.07) is 9.48. The second-order valence-electron chi connectivity index (χ2n) is 5.52. The molecule has 3 heterocycles. The number of nitrogens with zero attached hydrogens (tertiary/aromatic N) is 2. The molecule has 0 bridgehead atoms. The molecule has 1 amide bonds. The van der Waals surface area contributed by atoms with E-state index in [1.54, 1.807) is 17.9 Å². The SMILES string of the molecule is Cn1ncc2c1NC(=O)C[C@H]2c1cc2ccccc2[nH]c1=O. The van der Waals surface area contributed by atoms with Gasteiger partial charge in [0, 0.05) is 36.0 Å². The van der Waals surface area contributed by atoms with Crippen LogP contribution < -0.4 is 10.9 Å². The number of aryl methyl sites for hydroxylation is 1. The zero-order valence-corrected chi connectivity index (χ0v) is 12.0. The number of nitrogens with one attached hydrogen (secondary N) is 2. The van der Waals surface area contributed by atoms with Gasteiger partial charge in [0.1, 0.15) is 5.82 Å². The number of para-hydroxylation sites is 1. The van der Waals surface area contributed by atoms with Gasteiger partial charge in [0.25, 0.3) is 5.56 Å². The van der Waals surface area contributed by atoms with Gasteiger partial charge in [-0.1, -0.05) is 18.2 Å². The summed E-state index contributed by atoms with van der Waals surface area (Å²) in [6.45, 7) is 0. The fraction of sp³-hybridized carbons (Fsp3) is 0.188. The average Bonchev–Trinajstić information content (AvgIpc) is 2.87. The number of aromatic nitrogens is 3. The van der Waals surface area contributed by atoms with Gasteiger partial charge in [-0.05, 0) is 17.5 Å². The van der Waals surface area contributed by atoms with Crippen molar-refractivity contribution in [1.82, 2.24) is 14.8 Å². The van der Waals surface area contributed by atoms with Crippen LogP contribution in [0.15, 0.2) is 41.3 Å². The van der Waals surface area contributed by atoms with Gasteiger partial charge in [-0.25, -0.2) is 0 Å². The third-order valence-electron chi connectivity index (χ3n) is 4.15. The number of hydrogen-bond acceptors (Lipinski definition) is 3. The van der Waals surface area contributed by atoms with Crippen LogP contribution in [-0.4, -0.2) is 20.7 Å². The fourth-order valence-corrected chi connectivity index (χ4v) is 3.04. The van der Waals surface area contributed by atoms with Gasteiger partial charge in [0.15, 0.2) is 0 Å². The summed E-state index contributed by atoms with van der Waals surface area (Å²) in [7, 11) is 1.77. The Balaban J connectivity index is 1.93. The number of amides is 1. The molecule has 1 aliphatic rings. The van der Waals surface area contributed by atoms with Gasteiger partial charge in [-0.2, -0.15) is 5.10 Å². The minimum absolute atomic E-state index is 0.103. The minimum atomic E-state index is -0.272. The van der Waals surface area contributed by atoms with Crippen LogP contribution >= 0.6 is 0 Å². The Morgan fingerprint density at radius 1 is 1.23 bits per heavy atom. The van der Waals surface area contributed by atoms with Crippen LogP contribution in [0.4, 0.5) is 5.82 Å². The first-order valence-electron chi connectivity index (χ1n) is 7.07. The predicted octanol–water partition coefficient (Wildman–Crippen LogP) is 1.74. The molecule has 110 valence electrons. The Morgan fingerprint density at radius 2 is 2.05 bits per heavy atom. The molecule has 0 aliphatic carbocycles. The highest BCUT2D eigenvalue weighted by molar-refractivity contribution is 5.94. The second-order valence-corrected chi connectivity index (χ2v) is 5.52. The number of pyridine rings is 1. The molecule has 6 heteroatoms. The van der Waals surface area contributed by atoms with Crippen molar-refractivity contribution < 1.29 is 4.79 Å². The maximum Gasteiger partial charge on any atom is 0.252 e. The van der Waals surface area contributed by atoms with E-state index in [-0.39, 0.29) is 23.8 Å². The van der Waals surface area contributed by atoms with Crippen LogP contribution in [0.5, 0.6) is 0 Å². The van der Waals surface area contributed by atoms with Crippen LogP contribution in [0.3, 0.4) is 0 Å². The number of hydrogen-bond donors (Lipinski definition) is 2. The number of anilines is 1. The number of carbonyl (C=O) groups is 1. The molecule has 0 fully saturated rings. The van der Waals surface area contributed by atoms with Gasteiger partial charge < -0.3 is 10.3 Å². The normalized spacial score (nSPS) is 17.3. The van der Waals surface area contributed by atoms with Gasteiger partial charge in [-0.3, -0.25) is 14.3 Å². The quantitative estimate of drug-likeness (QED) is 0.717. The number of benzene rings is 1. The summed E-state index contributed by atoms with van der Waals surface area (Å²) in [5, 5.41) is 7.96. The maximum absolute atomic E-state index is 12.4. The van der Waals surface area contributed by atoms with Gasteiger partial charge in [0.2, 0.25) is 5.91 Å². The molecule has 0 unspecified atom stereocenters. The third-order valence-corrected chi connectivity index (χ3v) is 4.15. The maximum atomic E-state index is 12.4. The first-order chi connectivity index (χ1) is 10.6. The molecule has 3 aromatic rings. The van der Waals surface area contributed by atoms with Crippen molar-refractivity contribution in [2.75, 3.05) is 5.32 Å². The topological polar surface area (TPSA) is 79.8 Å². The van der Waals surface area contributed by atoms with E-state index in [0.717, 1.165) is 16.5 Å². The molecule has 0 radical (unpaired) electrons. The van der Waals surface area contributed by atoms with Crippen molar-refractivity contribution in [2.24, 2.45) is 7.05 Å². The lowest BCUT2D eigenvalue weighted by Crippen LogP contribution is -2.27. The molecular formula is C16H14N4O2. The van der Waals surface area contributed by atoms with E-state index in [1.165, 1.54) is 0 Å². The summed E-state index contributed by atoms with van der Waals surface area (Å²) in [5.74, 6) is 0.285. The summed E-state index contributed by atoms with van der Waals surface area (Å²) >= 11 is 0. The van der Waals surface area contributed by atoms with Crippen molar-refractivity contribution in [3.05, 3.63) is 58.0 Å². The van der Waals surface area contributed by atoms with Crippen LogP contribution in [-0.2, 0) is 11.8 Å². The molecule has 22 heavy (non-hydrogen) atoms. The number of carbonyl (C=O) groups excluding carboxylic acids is 1. The zero-order chi connectivity index (χ0) is 15.3. The van der Waals surface area contributed by atoms with Crippen molar-refractivity contribution in [3.63, 3.8) is 0 Å². The summed E-state index contributed by atoms with van der Waals surface area (Å²) in [6.07, 6.45) is 1.97. The Hall–Kier alpha value is -2.89. The lowest BCUT2D eigenvalue weighted by atomic mass is 9.87. The Morgan fingerprint density at radius 3 is 2.91 bits per heavy atom. The molecule has 1 aliphatic heterocycles. The van der Waals surface area contributed by atoms with E-state index in [1.807, 2.05) is 30.3 Å².